The number of benzene rings is 2. The third-order valence-electron chi connectivity index (χ3n) is 3.16. The summed E-state index contributed by atoms with van der Waals surface area (Å²) in [4.78, 5) is 14.3. The highest BCUT2D eigenvalue weighted by atomic mass is 35.5. The molecule has 0 aliphatic carbocycles. The SMILES string of the molecule is CCN(C(=O)c1ccc(C)c(Cl)c1)c1cccc(N)c1. The molecule has 0 atom stereocenters. The van der Waals surface area contributed by atoms with Gasteiger partial charge in [-0.3, -0.25) is 4.79 Å². The van der Waals surface area contributed by atoms with Gasteiger partial charge >= 0.3 is 0 Å². The zero-order valence-electron chi connectivity index (χ0n) is 11.6. The Morgan fingerprint density at radius 1 is 1.25 bits per heavy atom. The molecule has 4 heteroatoms. The number of amides is 1. The molecule has 0 saturated heterocycles. The van der Waals surface area contributed by atoms with Crippen LogP contribution in [-0.2, 0) is 0 Å². The summed E-state index contributed by atoms with van der Waals surface area (Å²) in [5.41, 5.74) is 8.72. The van der Waals surface area contributed by atoms with Gasteiger partial charge in [-0.05, 0) is 49.7 Å². The molecule has 2 aromatic rings. The molecule has 0 saturated carbocycles. The summed E-state index contributed by atoms with van der Waals surface area (Å²) in [6.07, 6.45) is 0. The standard InChI is InChI=1S/C16H17ClN2O/c1-3-19(14-6-4-5-13(18)10-14)16(20)12-8-7-11(2)15(17)9-12/h4-10H,3,18H2,1-2H3. The van der Waals surface area contributed by atoms with Gasteiger partial charge in [-0.1, -0.05) is 23.7 Å². The molecule has 0 radical (unpaired) electrons. The monoisotopic (exact) mass is 288 g/mol. The van der Waals surface area contributed by atoms with E-state index in [4.69, 9.17) is 17.3 Å². The average Bonchev–Trinajstić information content (AvgIpc) is 2.42. The molecule has 0 spiro atoms. The van der Waals surface area contributed by atoms with E-state index in [0.717, 1.165) is 11.3 Å². The average molecular weight is 289 g/mol. The number of nitrogens with zero attached hydrogens (tertiary/aromatic N) is 1. The third kappa shape index (κ3) is 2.94. The Kier molecular flexibility index (Phi) is 4.30. The van der Waals surface area contributed by atoms with Gasteiger partial charge in [-0.2, -0.15) is 0 Å². The van der Waals surface area contributed by atoms with Crippen LogP contribution in [0.5, 0.6) is 0 Å². The molecule has 104 valence electrons. The smallest absolute Gasteiger partial charge is 0.258 e. The van der Waals surface area contributed by atoms with E-state index in [1.54, 1.807) is 29.2 Å². The predicted octanol–water partition coefficient (Wildman–Crippen LogP) is 3.90. The van der Waals surface area contributed by atoms with Gasteiger partial charge in [0, 0.05) is 28.5 Å². The highest BCUT2D eigenvalue weighted by Crippen LogP contribution is 2.22. The second-order valence-corrected chi connectivity index (χ2v) is 5.02. The first-order valence-corrected chi connectivity index (χ1v) is 6.84. The van der Waals surface area contributed by atoms with Crippen LogP contribution in [0.2, 0.25) is 5.02 Å². The molecular weight excluding hydrogens is 272 g/mol. The Bertz CT molecular complexity index is 640. The number of aryl methyl sites for hydroxylation is 1. The van der Waals surface area contributed by atoms with E-state index in [0.29, 0.717) is 22.8 Å². The van der Waals surface area contributed by atoms with Crippen LogP contribution in [0.1, 0.15) is 22.8 Å². The van der Waals surface area contributed by atoms with E-state index >= 15 is 0 Å². The van der Waals surface area contributed by atoms with Crippen LogP contribution in [0.4, 0.5) is 11.4 Å². The predicted molar refractivity (Wildman–Crippen MR) is 84.4 cm³/mol. The number of hydrogen-bond acceptors (Lipinski definition) is 2. The Morgan fingerprint density at radius 3 is 2.60 bits per heavy atom. The van der Waals surface area contributed by atoms with Gasteiger partial charge in [0.15, 0.2) is 0 Å². The molecule has 1 amide bonds. The van der Waals surface area contributed by atoms with Crippen molar-refractivity contribution < 1.29 is 4.79 Å². The summed E-state index contributed by atoms with van der Waals surface area (Å²) >= 11 is 6.09. The van der Waals surface area contributed by atoms with Gasteiger partial charge in [-0.15, -0.1) is 0 Å². The fourth-order valence-electron chi connectivity index (χ4n) is 2.02. The fourth-order valence-corrected chi connectivity index (χ4v) is 2.20. The molecule has 2 N–H and O–H groups in total. The normalized spacial score (nSPS) is 10.3. The number of nitrogens with two attached hydrogens (primary N) is 1. The molecular formula is C16H17ClN2O. The summed E-state index contributed by atoms with van der Waals surface area (Å²) < 4.78 is 0. The summed E-state index contributed by atoms with van der Waals surface area (Å²) in [7, 11) is 0. The molecule has 2 aromatic carbocycles. The van der Waals surface area contributed by atoms with E-state index in [1.807, 2.05) is 32.0 Å². The largest absolute Gasteiger partial charge is 0.399 e. The molecule has 2 rings (SSSR count). The van der Waals surface area contributed by atoms with Crippen molar-refractivity contribution in [3.8, 4) is 0 Å². The molecule has 3 nitrogen and oxygen atoms in total. The number of carbonyl (C=O) groups excluding carboxylic acids is 1. The van der Waals surface area contributed by atoms with E-state index in [2.05, 4.69) is 0 Å². The van der Waals surface area contributed by atoms with Crippen LogP contribution in [0.3, 0.4) is 0 Å². The lowest BCUT2D eigenvalue weighted by Crippen LogP contribution is -2.30. The van der Waals surface area contributed by atoms with Crippen molar-refractivity contribution >= 4 is 28.9 Å². The van der Waals surface area contributed by atoms with Gasteiger partial charge in [-0.25, -0.2) is 0 Å². The van der Waals surface area contributed by atoms with Crippen LogP contribution < -0.4 is 10.6 Å². The maximum absolute atomic E-state index is 12.6. The van der Waals surface area contributed by atoms with Crippen LogP contribution in [0, 0.1) is 6.92 Å². The van der Waals surface area contributed by atoms with Crippen molar-refractivity contribution in [3.05, 3.63) is 58.6 Å². The Labute approximate surface area is 124 Å². The van der Waals surface area contributed by atoms with E-state index in [1.165, 1.54) is 0 Å². The maximum Gasteiger partial charge on any atom is 0.258 e. The van der Waals surface area contributed by atoms with Crippen LogP contribution in [0.15, 0.2) is 42.5 Å². The highest BCUT2D eigenvalue weighted by molar-refractivity contribution is 6.31. The second-order valence-electron chi connectivity index (χ2n) is 4.61. The van der Waals surface area contributed by atoms with Crippen molar-refractivity contribution in [1.29, 1.82) is 0 Å². The minimum absolute atomic E-state index is 0.0833. The first-order valence-electron chi connectivity index (χ1n) is 6.46. The number of rotatable bonds is 3. The summed E-state index contributed by atoms with van der Waals surface area (Å²) in [6, 6.07) is 12.6. The van der Waals surface area contributed by atoms with Crippen LogP contribution in [0.25, 0.3) is 0 Å². The van der Waals surface area contributed by atoms with E-state index in [9.17, 15) is 4.79 Å². The quantitative estimate of drug-likeness (QED) is 0.871. The van der Waals surface area contributed by atoms with E-state index < -0.39 is 0 Å². The molecule has 0 heterocycles. The lowest BCUT2D eigenvalue weighted by molar-refractivity contribution is 0.0988. The molecule has 0 aromatic heterocycles. The summed E-state index contributed by atoms with van der Waals surface area (Å²) in [5.74, 6) is -0.0833. The van der Waals surface area contributed by atoms with Crippen molar-refractivity contribution in [3.63, 3.8) is 0 Å². The molecule has 20 heavy (non-hydrogen) atoms. The Balaban J connectivity index is 2.36. The van der Waals surface area contributed by atoms with Gasteiger partial charge < -0.3 is 10.6 Å². The lowest BCUT2D eigenvalue weighted by Gasteiger charge is -2.21. The Hall–Kier alpha value is -2.00. The van der Waals surface area contributed by atoms with Gasteiger partial charge in [0.05, 0.1) is 0 Å². The molecule has 0 aliphatic heterocycles. The van der Waals surface area contributed by atoms with Gasteiger partial charge in [0.2, 0.25) is 0 Å². The number of hydrogen-bond donors (Lipinski definition) is 1. The molecule has 0 unspecified atom stereocenters. The zero-order valence-corrected chi connectivity index (χ0v) is 12.3. The summed E-state index contributed by atoms with van der Waals surface area (Å²) in [5, 5.41) is 0.597. The van der Waals surface area contributed by atoms with Gasteiger partial charge in [0.25, 0.3) is 5.91 Å². The molecule has 0 aliphatic rings. The first kappa shape index (κ1) is 14.4. The highest BCUT2D eigenvalue weighted by Gasteiger charge is 2.16. The number of anilines is 2. The maximum atomic E-state index is 12.6. The molecule has 0 bridgehead atoms. The van der Waals surface area contributed by atoms with E-state index in [-0.39, 0.29) is 5.91 Å². The number of halogens is 1. The zero-order chi connectivity index (χ0) is 14.7. The third-order valence-corrected chi connectivity index (χ3v) is 3.57. The van der Waals surface area contributed by atoms with Crippen molar-refractivity contribution in [2.75, 3.05) is 17.2 Å². The van der Waals surface area contributed by atoms with Crippen molar-refractivity contribution in [1.82, 2.24) is 0 Å². The van der Waals surface area contributed by atoms with Crippen LogP contribution >= 0.6 is 11.6 Å². The number of nitrogen functional groups attached to an aromatic ring is 1. The topological polar surface area (TPSA) is 46.3 Å². The van der Waals surface area contributed by atoms with Crippen LogP contribution in [-0.4, -0.2) is 12.5 Å². The summed E-state index contributed by atoms with van der Waals surface area (Å²) in [6.45, 7) is 4.40. The molecule has 0 fully saturated rings. The lowest BCUT2D eigenvalue weighted by atomic mass is 10.1. The van der Waals surface area contributed by atoms with Crippen molar-refractivity contribution in [2.45, 2.75) is 13.8 Å². The fraction of sp³-hybridized carbons (Fsp3) is 0.188. The van der Waals surface area contributed by atoms with Crippen molar-refractivity contribution in [2.24, 2.45) is 0 Å². The number of carbonyl (C=O) groups is 1. The minimum atomic E-state index is -0.0833. The minimum Gasteiger partial charge on any atom is -0.399 e. The van der Waals surface area contributed by atoms with Gasteiger partial charge in [0.1, 0.15) is 0 Å². The first-order chi connectivity index (χ1) is 9.52. The Morgan fingerprint density at radius 2 is 2.00 bits per heavy atom. The second kappa shape index (κ2) is 5.97.